The molecule has 0 bridgehead atoms. The second-order valence-electron chi connectivity index (χ2n) is 2.35. The van der Waals surface area contributed by atoms with Crippen molar-refractivity contribution in [3.05, 3.63) is 18.6 Å². The average molecular weight is 157 g/mol. The van der Waals surface area contributed by atoms with E-state index in [1.165, 1.54) is 23.5 Å². The first-order chi connectivity index (χ1) is 4.81. The van der Waals surface area contributed by atoms with Crippen LogP contribution >= 0.6 is 11.8 Å². The molecule has 0 nitrogen and oxygen atoms in total. The maximum atomic E-state index is 3.79. The lowest BCUT2D eigenvalue weighted by molar-refractivity contribution is 1.10. The highest BCUT2D eigenvalue weighted by molar-refractivity contribution is 7.99. The third-order valence-electron chi connectivity index (χ3n) is 1.42. The molecule has 0 aromatic carbocycles. The molecule has 0 saturated carbocycles. The first-order valence-corrected chi connectivity index (χ1v) is 4.95. The second-order valence-corrected chi connectivity index (χ2v) is 3.58. The average Bonchev–Trinajstić information content (AvgIpc) is 1.98. The van der Waals surface area contributed by atoms with Gasteiger partial charge in [-0.15, -0.1) is 0 Å². The molecule has 0 aliphatic carbocycles. The van der Waals surface area contributed by atoms with Gasteiger partial charge in [0.15, 0.2) is 0 Å². The molecule has 0 heterocycles. The third-order valence-corrected chi connectivity index (χ3v) is 2.49. The van der Waals surface area contributed by atoms with Gasteiger partial charge in [-0.1, -0.05) is 18.6 Å². The topological polar surface area (TPSA) is 0 Å². The van der Waals surface area contributed by atoms with Crippen molar-refractivity contribution < 1.29 is 0 Å². The molecule has 0 aromatic heterocycles. The van der Waals surface area contributed by atoms with Gasteiger partial charge in [0.2, 0.25) is 0 Å². The summed E-state index contributed by atoms with van der Waals surface area (Å²) in [4.78, 5) is 0. The summed E-state index contributed by atoms with van der Waals surface area (Å²) in [7, 11) is 0. The molecular weight excluding hydrogens is 140 g/mol. The Bertz CT molecular complexity index is 94.9. The molecule has 0 atom stereocenters. The number of hydrogen-bond acceptors (Lipinski definition) is 1. The molecule has 0 N–H and O–H groups in total. The van der Waals surface area contributed by atoms with E-state index >= 15 is 0 Å². The van der Waals surface area contributed by atoms with Gasteiger partial charge in [-0.2, -0.15) is 11.8 Å². The van der Waals surface area contributed by atoms with E-state index in [9.17, 15) is 0 Å². The lowest BCUT2D eigenvalue weighted by atomic mass is 10.2. The molecule has 10 heavy (non-hydrogen) atoms. The smallest absolute Gasteiger partial charge is 0.00303 e. The van der Waals surface area contributed by atoms with Crippen LogP contribution < -0.4 is 0 Å². The predicted octanol–water partition coefficient (Wildman–Crippen LogP) is 3.30. The molecule has 0 saturated heterocycles. The van der Waals surface area contributed by atoms with Crippen molar-refractivity contribution in [3.8, 4) is 0 Å². The largest absolute Gasteiger partial charge is 0.162 e. The fourth-order valence-corrected chi connectivity index (χ4v) is 1.46. The van der Waals surface area contributed by atoms with Gasteiger partial charge in [0.1, 0.15) is 0 Å². The minimum Gasteiger partial charge on any atom is -0.162 e. The molecule has 0 aliphatic rings. The summed E-state index contributed by atoms with van der Waals surface area (Å²) in [5.74, 6) is 2.46. The summed E-state index contributed by atoms with van der Waals surface area (Å²) in [5, 5.41) is 0. The highest BCUT2D eigenvalue weighted by Gasteiger charge is 1.88. The van der Waals surface area contributed by atoms with Crippen LogP contribution in [-0.4, -0.2) is 11.5 Å². The number of rotatable bonds is 5. The summed E-state index contributed by atoms with van der Waals surface area (Å²) >= 11 is 1.99. The van der Waals surface area contributed by atoms with Crippen molar-refractivity contribution in [2.24, 2.45) is 0 Å². The van der Waals surface area contributed by atoms with Crippen molar-refractivity contribution >= 4 is 11.8 Å². The first-order valence-electron chi connectivity index (χ1n) is 3.80. The predicted molar refractivity (Wildman–Crippen MR) is 51.3 cm³/mol. The van der Waals surface area contributed by atoms with Gasteiger partial charge in [-0.25, -0.2) is 0 Å². The SMILES string of the molecule is [CH2]CCSCCC(C)=CC. The van der Waals surface area contributed by atoms with Crippen LogP contribution in [0.5, 0.6) is 0 Å². The van der Waals surface area contributed by atoms with E-state index in [0.29, 0.717) is 0 Å². The molecular formula is C9H17S. The summed E-state index contributed by atoms with van der Waals surface area (Å²) in [6.07, 6.45) is 4.48. The molecule has 0 fully saturated rings. The standard InChI is InChI=1S/C9H17S/c1-4-7-10-8-6-9(3)5-2/h5H,1,4,6-8H2,2-3H3. The van der Waals surface area contributed by atoms with Gasteiger partial charge in [-0.05, 0) is 38.2 Å². The van der Waals surface area contributed by atoms with Gasteiger partial charge in [0, 0.05) is 0 Å². The van der Waals surface area contributed by atoms with Gasteiger partial charge in [0.25, 0.3) is 0 Å². The summed E-state index contributed by atoms with van der Waals surface area (Å²) < 4.78 is 0. The maximum absolute atomic E-state index is 3.79. The lowest BCUT2D eigenvalue weighted by Crippen LogP contribution is -1.83. The molecule has 0 unspecified atom stereocenters. The van der Waals surface area contributed by atoms with E-state index < -0.39 is 0 Å². The molecule has 0 aromatic rings. The van der Waals surface area contributed by atoms with Crippen LogP contribution in [0.1, 0.15) is 26.7 Å². The second kappa shape index (κ2) is 7.20. The zero-order valence-corrected chi connectivity index (χ0v) is 7.84. The Balaban J connectivity index is 3.04. The van der Waals surface area contributed by atoms with Crippen LogP contribution in [0.3, 0.4) is 0 Å². The summed E-state index contributed by atoms with van der Waals surface area (Å²) in [5.41, 5.74) is 1.50. The van der Waals surface area contributed by atoms with E-state index in [-0.39, 0.29) is 0 Å². The van der Waals surface area contributed by atoms with Crippen molar-refractivity contribution in [2.45, 2.75) is 26.7 Å². The van der Waals surface area contributed by atoms with Gasteiger partial charge >= 0.3 is 0 Å². The third kappa shape index (κ3) is 6.21. The Hall–Kier alpha value is 0.0900. The van der Waals surface area contributed by atoms with E-state index in [4.69, 9.17) is 0 Å². The van der Waals surface area contributed by atoms with Crippen LogP contribution in [0.4, 0.5) is 0 Å². The van der Waals surface area contributed by atoms with Crippen molar-refractivity contribution in [2.75, 3.05) is 11.5 Å². The molecule has 0 aliphatic heterocycles. The Morgan fingerprint density at radius 3 is 2.70 bits per heavy atom. The van der Waals surface area contributed by atoms with E-state index in [1.54, 1.807) is 0 Å². The molecule has 1 heteroatoms. The van der Waals surface area contributed by atoms with Crippen molar-refractivity contribution in [3.63, 3.8) is 0 Å². The Morgan fingerprint density at radius 2 is 2.20 bits per heavy atom. The van der Waals surface area contributed by atoms with E-state index in [0.717, 1.165) is 6.42 Å². The van der Waals surface area contributed by atoms with Crippen molar-refractivity contribution in [1.29, 1.82) is 0 Å². The Kier molecular flexibility index (Phi) is 7.26. The van der Waals surface area contributed by atoms with Crippen LogP contribution in [0.2, 0.25) is 0 Å². The quantitative estimate of drug-likeness (QED) is 0.436. The van der Waals surface area contributed by atoms with Crippen LogP contribution in [0, 0.1) is 6.92 Å². The summed E-state index contributed by atoms with van der Waals surface area (Å²) in [6, 6.07) is 0. The fourth-order valence-electron chi connectivity index (χ4n) is 0.582. The zero-order valence-electron chi connectivity index (χ0n) is 7.02. The molecule has 1 radical (unpaired) electrons. The molecule has 0 spiro atoms. The van der Waals surface area contributed by atoms with Crippen LogP contribution in [0.15, 0.2) is 11.6 Å². The van der Waals surface area contributed by atoms with E-state index in [1.807, 2.05) is 11.8 Å². The van der Waals surface area contributed by atoms with Gasteiger partial charge in [0.05, 0.1) is 0 Å². The van der Waals surface area contributed by atoms with E-state index in [2.05, 4.69) is 26.8 Å². The Labute approximate surface area is 69.1 Å². The number of hydrogen-bond donors (Lipinski definition) is 0. The lowest BCUT2D eigenvalue weighted by Gasteiger charge is -1.98. The number of thioether (sulfide) groups is 1. The first kappa shape index (κ1) is 10.1. The number of allylic oxidation sites excluding steroid dienone is 2. The summed E-state index contributed by atoms with van der Waals surface area (Å²) in [6.45, 7) is 8.07. The normalized spacial score (nSPS) is 12.1. The fraction of sp³-hybridized carbons (Fsp3) is 0.667. The van der Waals surface area contributed by atoms with Crippen LogP contribution in [-0.2, 0) is 0 Å². The highest BCUT2D eigenvalue weighted by Crippen LogP contribution is 2.08. The van der Waals surface area contributed by atoms with Crippen LogP contribution in [0.25, 0.3) is 0 Å². The monoisotopic (exact) mass is 157 g/mol. The zero-order chi connectivity index (χ0) is 7.82. The van der Waals surface area contributed by atoms with Crippen molar-refractivity contribution in [1.82, 2.24) is 0 Å². The van der Waals surface area contributed by atoms with Gasteiger partial charge in [-0.3, -0.25) is 0 Å². The molecule has 59 valence electrons. The minimum absolute atomic E-state index is 1.06. The minimum atomic E-state index is 1.06. The van der Waals surface area contributed by atoms with Gasteiger partial charge < -0.3 is 0 Å². The molecule has 0 amide bonds. The molecule has 0 rings (SSSR count). The maximum Gasteiger partial charge on any atom is -0.00303 e. The highest BCUT2D eigenvalue weighted by atomic mass is 32.2. The Morgan fingerprint density at radius 1 is 1.50 bits per heavy atom.